The maximum absolute atomic E-state index is 7.31. The van der Waals surface area contributed by atoms with Crippen molar-refractivity contribution in [3.05, 3.63) is 0 Å². The van der Waals surface area contributed by atoms with Gasteiger partial charge in [0, 0.05) is 0 Å². The highest BCUT2D eigenvalue weighted by Gasteiger charge is 2.58. The molecule has 0 spiro atoms. The highest BCUT2D eigenvalue weighted by molar-refractivity contribution is 5.07. The fraction of sp³-hybridized carbons (Fsp3) is 1.00. The van der Waals surface area contributed by atoms with Gasteiger partial charge in [-0.1, -0.05) is 103 Å². The lowest BCUT2D eigenvalue weighted by Crippen LogP contribution is -2.73. The number of fused-ring (bicyclic) bond motifs is 5. The van der Waals surface area contributed by atoms with Gasteiger partial charge >= 0.3 is 0 Å². The van der Waals surface area contributed by atoms with Crippen molar-refractivity contribution in [1.29, 1.82) is 0 Å². The molecule has 4 heteroatoms. The van der Waals surface area contributed by atoms with E-state index in [0.717, 1.165) is 65.1 Å². The molecule has 7 saturated carbocycles. The molecule has 9 fully saturated rings. The lowest BCUT2D eigenvalue weighted by Gasteiger charge is -2.54. The fourth-order valence-corrected chi connectivity index (χ4v) is 14.8. The molecule has 12 unspecified atom stereocenters. The highest BCUT2D eigenvalue weighted by Crippen LogP contribution is 2.59. The van der Waals surface area contributed by atoms with Crippen molar-refractivity contribution in [1.82, 2.24) is 16.0 Å². The average Bonchev–Trinajstić information content (AvgIpc) is 3.53. The molecule has 9 rings (SSSR count). The second-order valence-corrected chi connectivity index (χ2v) is 19.4. The van der Waals surface area contributed by atoms with Gasteiger partial charge < -0.3 is 4.74 Å². The molecule has 0 radical (unpaired) electrons. The summed E-state index contributed by atoms with van der Waals surface area (Å²) in [6.07, 6.45) is 42.5. The summed E-state index contributed by atoms with van der Waals surface area (Å²) < 4.78 is 7.31. The number of hydrogen-bond acceptors (Lipinski definition) is 4. The summed E-state index contributed by atoms with van der Waals surface area (Å²) in [5, 5.41) is 12.9. The van der Waals surface area contributed by atoms with Crippen LogP contribution in [-0.4, -0.2) is 30.7 Å². The zero-order valence-corrected chi connectivity index (χ0v) is 30.2. The second kappa shape index (κ2) is 14.8. The quantitative estimate of drug-likeness (QED) is 0.278. The van der Waals surface area contributed by atoms with Gasteiger partial charge in [-0.3, -0.25) is 16.0 Å². The Labute approximate surface area is 289 Å². The van der Waals surface area contributed by atoms with Gasteiger partial charge in [0.05, 0.1) is 30.7 Å². The molecule has 2 aliphatic heterocycles. The van der Waals surface area contributed by atoms with Crippen molar-refractivity contribution < 1.29 is 4.74 Å². The third kappa shape index (κ3) is 6.80. The molecule has 47 heavy (non-hydrogen) atoms. The Morgan fingerprint density at radius 1 is 0.298 bits per heavy atom. The van der Waals surface area contributed by atoms with Gasteiger partial charge in [-0.25, -0.2) is 0 Å². The number of ether oxygens (including phenoxy) is 1. The van der Waals surface area contributed by atoms with Crippen LogP contribution in [0.25, 0.3) is 0 Å². The first-order valence-corrected chi connectivity index (χ1v) is 22.2. The van der Waals surface area contributed by atoms with Crippen LogP contribution in [0, 0.1) is 65.1 Å². The molecule has 12 atom stereocenters. The summed E-state index contributed by atoms with van der Waals surface area (Å²) >= 11 is 0. The lowest BCUT2D eigenvalue weighted by molar-refractivity contribution is -0.0709. The van der Waals surface area contributed by atoms with Crippen LogP contribution in [0.5, 0.6) is 0 Å². The normalized spacial score (nSPS) is 49.1. The molecule has 0 bridgehead atoms. The Morgan fingerprint density at radius 3 is 1.47 bits per heavy atom. The summed E-state index contributed by atoms with van der Waals surface area (Å²) in [6, 6.07) is 0. The summed E-state index contributed by atoms with van der Waals surface area (Å²) in [7, 11) is 0. The lowest BCUT2D eigenvalue weighted by atomic mass is 9.54. The van der Waals surface area contributed by atoms with Crippen molar-refractivity contribution in [2.45, 2.75) is 204 Å². The van der Waals surface area contributed by atoms with Crippen LogP contribution in [0.2, 0.25) is 0 Å². The summed E-state index contributed by atoms with van der Waals surface area (Å²) in [5.41, 5.74) is 0. The van der Waals surface area contributed by atoms with E-state index >= 15 is 0 Å². The predicted octanol–water partition coefficient (Wildman–Crippen LogP) is 9.92. The van der Waals surface area contributed by atoms with Gasteiger partial charge in [-0.2, -0.15) is 0 Å². The summed E-state index contributed by atoms with van der Waals surface area (Å²) in [6.45, 7) is 0. The SMILES string of the molecule is C1CCC(C2CCCC(C3CCC4OC5CC(C6NC(C7CCCCC7)NC(C7CCCCC7)N6)C6CCCCC6C5C4C3)C2)CC1. The van der Waals surface area contributed by atoms with Crippen LogP contribution in [-0.2, 0) is 4.74 Å². The molecule has 266 valence electrons. The maximum Gasteiger partial charge on any atom is 0.0628 e. The van der Waals surface area contributed by atoms with Crippen molar-refractivity contribution in [2.75, 3.05) is 0 Å². The molecular formula is C43H73N3O. The van der Waals surface area contributed by atoms with Crippen molar-refractivity contribution in [3.8, 4) is 0 Å². The van der Waals surface area contributed by atoms with E-state index in [0.29, 0.717) is 30.7 Å². The molecule has 9 aliphatic rings. The van der Waals surface area contributed by atoms with Gasteiger partial charge in [0.1, 0.15) is 0 Å². The molecule has 4 nitrogen and oxygen atoms in total. The maximum atomic E-state index is 7.31. The van der Waals surface area contributed by atoms with Crippen LogP contribution in [0.3, 0.4) is 0 Å². The van der Waals surface area contributed by atoms with Crippen molar-refractivity contribution in [2.24, 2.45) is 65.1 Å². The topological polar surface area (TPSA) is 45.3 Å². The minimum atomic E-state index is 0.472. The Kier molecular flexibility index (Phi) is 10.3. The van der Waals surface area contributed by atoms with Crippen molar-refractivity contribution >= 4 is 0 Å². The molecule has 3 N–H and O–H groups in total. The van der Waals surface area contributed by atoms with Crippen LogP contribution in [0.4, 0.5) is 0 Å². The van der Waals surface area contributed by atoms with Crippen LogP contribution in [0.1, 0.15) is 173 Å². The molecule has 7 aliphatic carbocycles. The highest BCUT2D eigenvalue weighted by atomic mass is 16.5. The van der Waals surface area contributed by atoms with Crippen molar-refractivity contribution in [3.63, 3.8) is 0 Å². The molecule has 0 aromatic rings. The number of hydrogen-bond donors (Lipinski definition) is 3. The Morgan fingerprint density at radius 2 is 0.809 bits per heavy atom. The molecule has 0 amide bonds. The Balaban J connectivity index is 0.910. The van der Waals surface area contributed by atoms with E-state index in [4.69, 9.17) is 4.74 Å². The van der Waals surface area contributed by atoms with Gasteiger partial charge in [0.15, 0.2) is 0 Å². The van der Waals surface area contributed by atoms with Crippen LogP contribution in [0.15, 0.2) is 0 Å². The van der Waals surface area contributed by atoms with E-state index in [1.807, 2.05) is 0 Å². The molecular weight excluding hydrogens is 574 g/mol. The number of rotatable bonds is 5. The van der Waals surface area contributed by atoms with Crippen LogP contribution >= 0.6 is 0 Å². The van der Waals surface area contributed by atoms with Gasteiger partial charge in [-0.05, 0) is 136 Å². The van der Waals surface area contributed by atoms with E-state index in [1.165, 1.54) is 141 Å². The zero-order chi connectivity index (χ0) is 31.2. The Hall–Kier alpha value is -0.160. The van der Waals surface area contributed by atoms with Gasteiger partial charge in [0.2, 0.25) is 0 Å². The smallest absolute Gasteiger partial charge is 0.0628 e. The Bertz CT molecular complexity index is 975. The van der Waals surface area contributed by atoms with E-state index in [-0.39, 0.29) is 0 Å². The van der Waals surface area contributed by atoms with E-state index in [2.05, 4.69) is 16.0 Å². The van der Waals surface area contributed by atoms with Gasteiger partial charge in [0.25, 0.3) is 0 Å². The number of nitrogens with one attached hydrogen (secondary N) is 3. The third-order valence-corrected chi connectivity index (χ3v) is 17.1. The molecule has 2 saturated heterocycles. The second-order valence-electron chi connectivity index (χ2n) is 19.4. The largest absolute Gasteiger partial charge is 0.374 e. The average molecular weight is 648 g/mol. The minimum absolute atomic E-state index is 0.472. The predicted molar refractivity (Wildman–Crippen MR) is 192 cm³/mol. The monoisotopic (exact) mass is 648 g/mol. The minimum Gasteiger partial charge on any atom is -0.374 e. The van der Waals surface area contributed by atoms with E-state index < -0.39 is 0 Å². The standard InChI is InChI=1S/C43H73N3O/c1-4-13-28(14-5-1)31-19-12-20-32(25-31)33-23-24-38-37(26-33)40-35-22-11-10-21-34(35)36(27-39(40)47-38)43-45-41(29-15-6-2-7-16-29)44-42(46-43)30-17-8-3-9-18-30/h28-46H,1-27H2. The summed E-state index contributed by atoms with van der Waals surface area (Å²) in [5.74, 6) is 10.1. The zero-order valence-electron chi connectivity index (χ0n) is 30.2. The third-order valence-electron chi connectivity index (χ3n) is 17.1. The van der Waals surface area contributed by atoms with Crippen LogP contribution < -0.4 is 16.0 Å². The first-order valence-electron chi connectivity index (χ1n) is 22.2. The van der Waals surface area contributed by atoms with E-state index in [9.17, 15) is 0 Å². The van der Waals surface area contributed by atoms with Gasteiger partial charge in [-0.15, -0.1) is 0 Å². The fourth-order valence-electron chi connectivity index (χ4n) is 14.8. The summed E-state index contributed by atoms with van der Waals surface area (Å²) in [4.78, 5) is 0. The van der Waals surface area contributed by atoms with E-state index in [1.54, 1.807) is 32.1 Å². The first kappa shape index (κ1) is 32.7. The molecule has 0 aromatic heterocycles. The molecule has 0 aromatic carbocycles. The molecule has 2 heterocycles. The first-order chi connectivity index (χ1) is 23.3.